The van der Waals surface area contributed by atoms with Crippen molar-refractivity contribution in [2.75, 3.05) is 0 Å². The van der Waals surface area contributed by atoms with Gasteiger partial charge in [-0.3, -0.25) is 9.36 Å². The van der Waals surface area contributed by atoms with Gasteiger partial charge in [0.25, 0.3) is 5.91 Å². The van der Waals surface area contributed by atoms with Crippen molar-refractivity contribution in [1.29, 1.82) is 0 Å². The first-order valence-electron chi connectivity index (χ1n) is 8.09. The van der Waals surface area contributed by atoms with Crippen molar-refractivity contribution in [3.05, 3.63) is 47.0 Å². The summed E-state index contributed by atoms with van der Waals surface area (Å²) < 4.78 is 40.7. The van der Waals surface area contributed by atoms with E-state index in [-0.39, 0.29) is 18.5 Å². The van der Waals surface area contributed by atoms with Crippen molar-refractivity contribution in [3.8, 4) is 5.69 Å². The summed E-state index contributed by atoms with van der Waals surface area (Å²) in [6, 6.07) is 8.61. The van der Waals surface area contributed by atoms with Crippen LogP contribution >= 0.6 is 12.2 Å². The number of benzene rings is 1. The lowest BCUT2D eigenvalue weighted by molar-refractivity contribution is -0.183. The average molecular weight is 369 g/mol. The molecule has 1 saturated carbocycles. The summed E-state index contributed by atoms with van der Waals surface area (Å²) in [5.74, 6) is -1.78. The molecular weight excluding hydrogens is 351 g/mol. The maximum absolute atomic E-state index is 12.9. The summed E-state index contributed by atoms with van der Waals surface area (Å²) in [6.45, 7) is 0. The molecule has 1 aromatic carbocycles. The number of alkyl halides is 3. The van der Waals surface area contributed by atoms with Gasteiger partial charge in [0.2, 0.25) is 0 Å². The summed E-state index contributed by atoms with van der Waals surface area (Å²) >= 11 is 5.22. The minimum absolute atomic E-state index is 0.0776. The quantitative estimate of drug-likeness (QED) is 0.789. The molecule has 0 radical (unpaired) electrons. The van der Waals surface area contributed by atoms with Gasteiger partial charge in [-0.25, -0.2) is 0 Å². The third-order valence-electron chi connectivity index (χ3n) is 4.50. The van der Waals surface area contributed by atoms with E-state index in [2.05, 4.69) is 10.3 Å². The number of carbonyl (C=O) groups is 1. The normalized spacial score (nSPS) is 21.1. The van der Waals surface area contributed by atoms with Crippen LogP contribution in [0.25, 0.3) is 5.69 Å². The summed E-state index contributed by atoms with van der Waals surface area (Å²) in [5.41, 5.74) is 1.00. The molecule has 1 heterocycles. The zero-order chi connectivity index (χ0) is 18.0. The van der Waals surface area contributed by atoms with Crippen LogP contribution < -0.4 is 5.32 Å². The standard InChI is InChI=1S/C17H18F3N3OS/c18-17(19,20)11-5-4-6-12(9-11)22-15(24)14-10-21-16(25)23(14)13-7-2-1-3-8-13/h1-3,7-8,10-12H,4-6,9H2,(H,21,25)(H,22,24). The van der Waals surface area contributed by atoms with Crippen LogP contribution in [0.4, 0.5) is 13.2 Å². The van der Waals surface area contributed by atoms with Gasteiger partial charge < -0.3 is 10.3 Å². The van der Waals surface area contributed by atoms with Crippen molar-refractivity contribution in [3.63, 3.8) is 0 Å². The molecule has 3 rings (SSSR count). The smallest absolute Gasteiger partial charge is 0.348 e. The number of nitrogens with zero attached hydrogens (tertiary/aromatic N) is 1. The molecule has 4 nitrogen and oxygen atoms in total. The van der Waals surface area contributed by atoms with Gasteiger partial charge in [0.15, 0.2) is 4.77 Å². The van der Waals surface area contributed by atoms with Gasteiger partial charge in [0, 0.05) is 17.9 Å². The number of para-hydroxylation sites is 1. The molecule has 2 aromatic rings. The van der Waals surface area contributed by atoms with Crippen LogP contribution in [0, 0.1) is 10.7 Å². The molecule has 1 aliphatic carbocycles. The predicted octanol–water partition coefficient (Wildman–Crippen LogP) is 4.39. The topological polar surface area (TPSA) is 49.8 Å². The largest absolute Gasteiger partial charge is 0.391 e. The van der Waals surface area contributed by atoms with E-state index in [1.165, 1.54) is 6.20 Å². The number of nitrogens with one attached hydrogen (secondary N) is 2. The van der Waals surface area contributed by atoms with Gasteiger partial charge in [-0.1, -0.05) is 24.6 Å². The van der Waals surface area contributed by atoms with E-state index < -0.39 is 24.0 Å². The molecule has 2 unspecified atom stereocenters. The monoisotopic (exact) mass is 369 g/mol. The van der Waals surface area contributed by atoms with Crippen molar-refractivity contribution in [1.82, 2.24) is 14.9 Å². The molecular formula is C17H18F3N3OS. The van der Waals surface area contributed by atoms with Gasteiger partial charge in [-0.15, -0.1) is 0 Å². The second-order valence-corrected chi connectivity index (χ2v) is 6.61. The van der Waals surface area contributed by atoms with Crippen LogP contribution in [0.2, 0.25) is 0 Å². The first-order valence-corrected chi connectivity index (χ1v) is 8.50. The second kappa shape index (κ2) is 7.03. The first kappa shape index (κ1) is 17.7. The van der Waals surface area contributed by atoms with E-state index in [1.54, 1.807) is 16.7 Å². The lowest BCUT2D eigenvalue weighted by Crippen LogP contribution is -2.42. The number of imidazole rings is 1. The fourth-order valence-corrected chi connectivity index (χ4v) is 3.51. The van der Waals surface area contributed by atoms with Gasteiger partial charge in [0.1, 0.15) is 5.69 Å². The summed E-state index contributed by atoms with van der Waals surface area (Å²) in [7, 11) is 0. The maximum atomic E-state index is 12.9. The number of amides is 1. The molecule has 0 aliphatic heterocycles. The van der Waals surface area contributed by atoms with E-state index in [4.69, 9.17) is 12.2 Å². The van der Waals surface area contributed by atoms with Gasteiger partial charge in [-0.2, -0.15) is 13.2 Å². The SMILES string of the molecule is O=C(NC1CCCC(C(F)(F)F)C1)c1c[nH]c(=S)n1-c1ccccc1. The number of aromatic amines is 1. The molecule has 0 spiro atoms. The van der Waals surface area contributed by atoms with Crippen LogP contribution in [-0.4, -0.2) is 27.7 Å². The Morgan fingerprint density at radius 1 is 1.24 bits per heavy atom. The maximum Gasteiger partial charge on any atom is 0.391 e. The number of hydrogen-bond acceptors (Lipinski definition) is 2. The van der Waals surface area contributed by atoms with Crippen LogP contribution in [0.3, 0.4) is 0 Å². The van der Waals surface area contributed by atoms with Gasteiger partial charge >= 0.3 is 6.18 Å². The Labute approximate surface area is 148 Å². The summed E-state index contributed by atoms with van der Waals surface area (Å²) in [5, 5.41) is 2.73. The molecule has 134 valence electrons. The molecule has 1 amide bonds. The van der Waals surface area contributed by atoms with Gasteiger partial charge in [-0.05, 0) is 43.6 Å². The van der Waals surface area contributed by atoms with E-state index >= 15 is 0 Å². The van der Waals surface area contributed by atoms with Crippen molar-refractivity contribution in [2.24, 2.45) is 5.92 Å². The number of rotatable bonds is 3. The average Bonchev–Trinajstić information content (AvgIpc) is 2.97. The summed E-state index contributed by atoms with van der Waals surface area (Å²) in [6.07, 6.45) is -1.68. The minimum Gasteiger partial charge on any atom is -0.348 e. The number of aromatic nitrogens is 2. The highest BCUT2D eigenvalue weighted by Gasteiger charge is 2.42. The molecule has 8 heteroatoms. The highest BCUT2D eigenvalue weighted by molar-refractivity contribution is 7.71. The van der Waals surface area contributed by atoms with Crippen LogP contribution in [0.1, 0.15) is 36.2 Å². The van der Waals surface area contributed by atoms with Crippen LogP contribution in [0.15, 0.2) is 36.5 Å². The second-order valence-electron chi connectivity index (χ2n) is 6.23. The molecule has 1 aliphatic rings. The van der Waals surface area contributed by atoms with Crippen LogP contribution in [0.5, 0.6) is 0 Å². The highest BCUT2D eigenvalue weighted by atomic mass is 32.1. The number of halogens is 3. The Kier molecular flexibility index (Phi) is 4.99. The highest BCUT2D eigenvalue weighted by Crippen LogP contribution is 2.37. The molecule has 2 N–H and O–H groups in total. The lowest BCUT2D eigenvalue weighted by atomic mass is 9.85. The minimum atomic E-state index is -4.21. The van der Waals surface area contributed by atoms with E-state index in [1.807, 2.05) is 18.2 Å². The van der Waals surface area contributed by atoms with Crippen molar-refractivity contribution in [2.45, 2.75) is 37.9 Å². The van der Waals surface area contributed by atoms with E-state index in [0.29, 0.717) is 17.6 Å². The Balaban J connectivity index is 1.78. The molecule has 0 saturated heterocycles. The fourth-order valence-electron chi connectivity index (χ4n) is 3.25. The van der Waals surface area contributed by atoms with Gasteiger partial charge in [0.05, 0.1) is 5.92 Å². The number of carbonyl (C=O) groups excluding carboxylic acids is 1. The predicted molar refractivity (Wildman–Crippen MR) is 90.2 cm³/mol. The van der Waals surface area contributed by atoms with Crippen LogP contribution in [-0.2, 0) is 0 Å². The Hall–Kier alpha value is -2.09. The summed E-state index contributed by atoms with van der Waals surface area (Å²) in [4.78, 5) is 15.4. The van der Waals surface area contributed by atoms with Crippen molar-refractivity contribution < 1.29 is 18.0 Å². The fraction of sp³-hybridized carbons (Fsp3) is 0.412. The molecule has 0 bridgehead atoms. The molecule has 2 atom stereocenters. The Morgan fingerprint density at radius 3 is 2.64 bits per heavy atom. The molecule has 1 fully saturated rings. The third-order valence-corrected chi connectivity index (χ3v) is 4.80. The number of H-pyrrole nitrogens is 1. The number of hydrogen-bond donors (Lipinski definition) is 2. The third kappa shape index (κ3) is 3.95. The lowest BCUT2D eigenvalue weighted by Gasteiger charge is -2.31. The zero-order valence-corrected chi connectivity index (χ0v) is 14.2. The first-order chi connectivity index (χ1) is 11.9. The molecule has 1 aromatic heterocycles. The Morgan fingerprint density at radius 2 is 1.96 bits per heavy atom. The van der Waals surface area contributed by atoms with E-state index in [9.17, 15) is 18.0 Å². The van der Waals surface area contributed by atoms with E-state index in [0.717, 1.165) is 5.69 Å². The Bertz CT molecular complexity index is 797. The molecule has 25 heavy (non-hydrogen) atoms. The zero-order valence-electron chi connectivity index (χ0n) is 13.3. The van der Waals surface area contributed by atoms with Crippen molar-refractivity contribution >= 4 is 18.1 Å².